The summed E-state index contributed by atoms with van der Waals surface area (Å²) in [6.07, 6.45) is -3.20. The van der Waals surface area contributed by atoms with Gasteiger partial charge in [0.2, 0.25) is 6.29 Å². The predicted octanol–water partition coefficient (Wildman–Crippen LogP) is -3.15. The maximum absolute atomic E-state index is 11.0. The number of imidazole rings is 1. The fourth-order valence-corrected chi connectivity index (χ4v) is 5.62. The number of halogens is 1. The number of nitro groups is 1. The van der Waals surface area contributed by atoms with E-state index in [1.165, 1.54) is 4.57 Å². The fraction of sp³-hybridized carbons (Fsp3) is 0.808. The highest BCUT2D eigenvalue weighted by molar-refractivity contribution is 6.18. The van der Waals surface area contributed by atoms with E-state index in [1.54, 1.807) is 27.0 Å². The number of nitrogens with one attached hydrogen (secondary N) is 1. The van der Waals surface area contributed by atoms with Gasteiger partial charge in [-0.15, -0.1) is 11.6 Å². The molecule has 4 rings (SSSR count). The van der Waals surface area contributed by atoms with Crippen LogP contribution in [-0.4, -0.2) is 134 Å². The molecule has 0 radical (unpaired) electrons. The molecule has 1 saturated carbocycles. The van der Waals surface area contributed by atoms with Crippen molar-refractivity contribution in [2.45, 2.75) is 106 Å². The summed E-state index contributed by atoms with van der Waals surface area (Å²) in [6, 6.07) is -2.37. The summed E-state index contributed by atoms with van der Waals surface area (Å²) in [5, 5.41) is 54.7. The summed E-state index contributed by atoms with van der Waals surface area (Å²) in [4.78, 5) is 13.8. The number of hydrogen-bond acceptors (Lipinski definition) is 16. The first-order chi connectivity index (χ1) is 21.1. The van der Waals surface area contributed by atoms with Gasteiger partial charge in [0.1, 0.15) is 54.6 Å². The first kappa shape index (κ1) is 37.4. The van der Waals surface area contributed by atoms with E-state index in [4.69, 9.17) is 53.5 Å². The number of nitrogens with two attached hydrogens (primary N) is 4. The molecule has 19 heteroatoms. The quantitative estimate of drug-likeness (QED) is 0.0676. The van der Waals surface area contributed by atoms with Crippen LogP contribution in [0.5, 0.6) is 0 Å². The Hall–Kier alpha value is -2.04. The first-order valence-electron chi connectivity index (χ1n) is 14.6. The number of aryl methyl sites for hydroxylation is 1. The number of ether oxygens (including phenoxy) is 4. The van der Waals surface area contributed by atoms with Crippen molar-refractivity contribution in [2.24, 2.45) is 22.9 Å². The van der Waals surface area contributed by atoms with Crippen LogP contribution in [0.1, 0.15) is 25.6 Å². The van der Waals surface area contributed by atoms with E-state index in [2.05, 4.69) is 10.3 Å². The lowest BCUT2D eigenvalue weighted by atomic mass is 9.84. The second-order valence-electron chi connectivity index (χ2n) is 11.6. The van der Waals surface area contributed by atoms with Crippen LogP contribution in [0.3, 0.4) is 0 Å². The number of aliphatic hydroxyl groups excluding tert-OH is 3. The summed E-state index contributed by atoms with van der Waals surface area (Å²) < 4.78 is 24.4. The molecule has 0 spiro atoms. The molecule has 45 heavy (non-hydrogen) atoms. The third kappa shape index (κ3) is 9.07. The van der Waals surface area contributed by atoms with Crippen LogP contribution < -0.4 is 28.3 Å². The predicted molar refractivity (Wildman–Crippen MR) is 160 cm³/mol. The zero-order valence-electron chi connectivity index (χ0n) is 25.5. The van der Waals surface area contributed by atoms with Crippen molar-refractivity contribution in [1.29, 1.82) is 0 Å². The largest absolute Gasteiger partial charge is 0.467 e. The number of aromatic nitrogens is 2. The van der Waals surface area contributed by atoms with Crippen LogP contribution in [0.25, 0.3) is 0 Å². The van der Waals surface area contributed by atoms with E-state index in [0.717, 1.165) is 6.20 Å². The first-order valence-corrected chi connectivity index (χ1v) is 15.1. The van der Waals surface area contributed by atoms with Gasteiger partial charge in [0.05, 0.1) is 31.1 Å². The van der Waals surface area contributed by atoms with Gasteiger partial charge in [0.15, 0.2) is 12.1 Å². The molecule has 258 valence electrons. The second kappa shape index (κ2) is 16.2. The van der Waals surface area contributed by atoms with E-state index >= 15 is 0 Å². The molecule has 1 saturated heterocycles. The highest BCUT2D eigenvalue weighted by atomic mass is 35.5. The normalized spacial score (nSPS) is 37.6. The molecule has 0 amide bonds. The molecule has 1 unspecified atom stereocenters. The summed E-state index contributed by atoms with van der Waals surface area (Å²) in [6.45, 7) is 3.40. The monoisotopic (exact) mass is 666 g/mol. The van der Waals surface area contributed by atoms with Crippen molar-refractivity contribution < 1.29 is 44.3 Å². The number of rotatable bonds is 10. The molecule has 13 N–H and O–H groups in total. The minimum Gasteiger partial charge on any atom is -0.467 e. The maximum atomic E-state index is 11.0. The molecular formula is C26H47ClN8O10. The summed E-state index contributed by atoms with van der Waals surface area (Å²) in [5.74, 6) is 0.945. The van der Waals surface area contributed by atoms with E-state index in [1.807, 2.05) is 0 Å². The lowest BCUT2D eigenvalue weighted by molar-refractivity contribution is -0.392. The third-order valence-electron chi connectivity index (χ3n) is 8.01. The Morgan fingerprint density at radius 2 is 1.84 bits per heavy atom. The van der Waals surface area contributed by atoms with Crippen molar-refractivity contribution >= 4 is 17.4 Å². The van der Waals surface area contributed by atoms with E-state index < -0.39 is 77.8 Å². The van der Waals surface area contributed by atoms with Gasteiger partial charge in [0.25, 0.3) is 0 Å². The smallest absolute Gasteiger partial charge is 0.342 e. The Morgan fingerprint density at radius 1 is 1.22 bits per heavy atom. The number of alkyl halides is 1. The summed E-state index contributed by atoms with van der Waals surface area (Å²) >= 11 is 5.40. The fourth-order valence-electron chi connectivity index (χ4n) is 5.52. The number of aliphatic hydroxyl groups is 4. The molecule has 1 aliphatic carbocycles. The second-order valence-corrected chi connectivity index (χ2v) is 12.0. The van der Waals surface area contributed by atoms with Gasteiger partial charge in [-0.25, -0.2) is 9.55 Å². The molecule has 3 heterocycles. The zero-order chi connectivity index (χ0) is 33.6. The van der Waals surface area contributed by atoms with Crippen LogP contribution in [0, 0.1) is 17.0 Å². The SMILES string of the molecule is CN[C@@H]1[C@@H](O)[C@@H](O[C@@H]2[C@H](O)[C@H](O[C@H]3OC(CN)=CC[C@H]3N)[C@@H](N)C[C@H]2N)OC[C@]1(C)O.Cc1ncc([N+](=O)[O-])n1CC(O)CCl. The molecule has 12 atom stereocenters. The van der Waals surface area contributed by atoms with Crippen LogP contribution in [-0.2, 0) is 25.5 Å². The van der Waals surface area contributed by atoms with Crippen LogP contribution in [0.4, 0.5) is 5.82 Å². The van der Waals surface area contributed by atoms with Crippen molar-refractivity contribution in [3.05, 3.63) is 34.0 Å². The molecule has 2 fully saturated rings. The lowest BCUT2D eigenvalue weighted by Gasteiger charge is -2.48. The Balaban J connectivity index is 0.000000330. The molecular weight excluding hydrogens is 620 g/mol. The Morgan fingerprint density at radius 3 is 2.40 bits per heavy atom. The molecule has 2 aliphatic heterocycles. The number of likely N-dealkylation sites (N-methyl/N-ethyl adjacent to an activating group) is 1. The number of hydrogen-bond donors (Lipinski definition) is 9. The molecule has 0 aromatic carbocycles. The van der Waals surface area contributed by atoms with Gasteiger partial charge in [-0.1, -0.05) is 0 Å². The average Bonchev–Trinajstić information content (AvgIpc) is 3.35. The van der Waals surface area contributed by atoms with Gasteiger partial charge in [-0.05, 0) is 37.8 Å². The molecule has 1 aromatic rings. The number of nitrogens with zero attached hydrogens (tertiary/aromatic N) is 3. The summed E-state index contributed by atoms with van der Waals surface area (Å²) in [7, 11) is 1.62. The summed E-state index contributed by atoms with van der Waals surface area (Å²) in [5.41, 5.74) is 22.9. The van der Waals surface area contributed by atoms with E-state index in [-0.39, 0.29) is 31.4 Å². The molecule has 18 nitrogen and oxygen atoms in total. The van der Waals surface area contributed by atoms with Crippen LogP contribution in [0.15, 0.2) is 18.0 Å². The standard InChI is InChI=1S/C19H37N5O7.C7H10ClN3O3/c1-19(27)7-28-18(13(26)16(19)24-2)31-15-11(23)5-10(22)14(12(15)25)30-17-9(21)4-3-8(6-20)29-17;1-5-9-3-7(11(13)14)10(5)4-6(12)2-8/h3,9-18,24-27H,4-7,20-23H2,1-2H3;3,6,12H,2,4H2,1H3/t9-,10+,11-,12-,13-,14-,15+,16-,17-,18-,19+;/m1./s1. The minimum atomic E-state index is -1.29. The van der Waals surface area contributed by atoms with E-state index in [9.17, 15) is 30.5 Å². The highest BCUT2D eigenvalue weighted by Gasteiger charge is 2.50. The van der Waals surface area contributed by atoms with E-state index in [0.29, 0.717) is 24.4 Å². The van der Waals surface area contributed by atoms with Crippen molar-refractivity contribution in [3.8, 4) is 0 Å². The van der Waals surface area contributed by atoms with Gasteiger partial charge < -0.3 is 77.7 Å². The average molecular weight is 667 g/mol. The van der Waals surface area contributed by atoms with Crippen molar-refractivity contribution in [1.82, 2.24) is 14.9 Å². The Bertz CT molecular complexity index is 1150. The Labute approximate surface area is 265 Å². The molecule has 1 aromatic heterocycles. The molecule has 0 bridgehead atoms. The highest BCUT2D eigenvalue weighted by Crippen LogP contribution is 2.31. The molecule has 3 aliphatic rings. The Kier molecular flexibility index (Phi) is 13.5. The third-order valence-corrected chi connectivity index (χ3v) is 8.37. The zero-order valence-corrected chi connectivity index (χ0v) is 26.3. The topological polar surface area (TPSA) is 295 Å². The lowest BCUT2D eigenvalue weighted by Crippen LogP contribution is -2.68. The van der Waals surface area contributed by atoms with Gasteiger partial charge >= 0.3 is 5.82 Å². The van der Waals surface area contributed by atoms with Crippen LogP contribution >= 0.6 is 11.6 Å². The van der Waals surface area contributed by atoms with Crippen molar-refractivity contribution in [3.63, 3.8) is 0 Å². The maximum Gasteiger partial charge on any atom is 0.342 e. The van der Waals surface area contributed by atoms with Gasteiger partial charge in [-0.2, -0.15) is 0 Å². The minimum absolute atomic E-state index is 0.0365. The van der Waals surface area contributed by atoms with Crippen LogP contribution in [0.2, 0.25) is 0 Å². The van der Waals surface area contributed by atoms with Gasteiger partial charge in [-0.3, -0.25) is 0 Å². The van der Waals surface area contributed by atoms with Crippen molar-refractivity contribution in [2.75, 3.05) is 26.1 Å². The van der Waals surface area contributed by atoms with Gasteiger partial charge in [0, 0.05) is 19.0 Å².